The molecule has 0 amide bonds. The molecule has 0 aliphatic carbocycles. The van der Waals surface area contributed by atoms with E-state index in [1.807, 2.05) is 0 Å². The average molecular weight is 580 g/mol. The van der Waals surface area contributed by atoms with Crippen LogP contribution >= 0.6 is 0 Å². The first-order valence-electron chi connectivity index (χ1n) is 0. The minimum atomic E-state index is 0. The topological polar surface area (TPSA) is 0 Å². The Morgan fingerprint density at radius 1 is 1.00 bits per heavy atom. The molecule has 4 heteroatoms. The van der Waals surface area contributed by atoms with Crippen LogP contribution in [-0.2, 0) is 26.2 Å². The van der Waals surface area contributed by atoms with Gasteiger partial charge in [-0.05, 0) is 0 Å². The van der Waals surface area contributed by atoms with Crippen molar-refractivity contribution in [2.45, 2.75) is 0 Å². The molecular formula is H3InLaThZr. The van der Waals surface area contributed by atoms with E-state index in [-0.39, 0.29) is 128 Å². The minimum Gasteiger partial charge on any atom is 0 e. The van der Waals surface area contributed by atoms with Gasteiger partial charge in [0.05, 0.1) is 0 Å². The Morgan fingerprint density at radius 2 is 1.00 bits per heavy atom. The van der Waals surface area contributed by atoms with Crippen molar-refractivity contribution in [1.29, 1.82) is 0 Å². The minimum absolute atomic E-state index is 0. The zero-order valence-electron chi connectivity index (χ0n) is 1.58. The molecular weight excluding hydrogens is 577 g/mol. The van der Waals surface area contributed by atoms with Gasteiger partial charge in [0, 0.05) is 102 Å². The summed E-state index contributed by atoms with van der Waals surface area (Å²) in [6, 6.07) is 0. The molecule has 0 aromatic carbocycles. The summed E-state index contributed by atoms with van der Waals surface area (Å²) in [4.78, 5) is 0. The van der Waals surface area contributed by atoms with Crippen LogP contribution in [0, 0.1) is 75.5 Å². The van der Waals surface area contributed by atoms with Crippen molar-refractivity contribution < 1.29 is 102 Å². The van der Waals surface area contributed by atoms with E-state index in [0.717, 1.165) is 0 Å². The summed E-state index contributed by atoms with van der Waals surface area (Å²) >= 11 is 0. The first kappa shape index (κ1) is 24.0. The van der Waals surface area contributed by atoms with Gasteiger partial charge in [-0.2, -0.15) is 0 Å². The second-order valence-electron chi connectivity index (χ2n) is 0. The van der Waals surface area contributed by atoms with Gasteiger partial charge in [-0.1, -0.05) is 0 Å². The van der Waals surface area contributed by atoms with Crippen molar-refractivity contribution in [2.24, 2.45) is 0 Å². The molecule has 0 saturated carbocycles. The molecule has 0 atom stereocenters. The Labute approximate surface area is 124 Å². The maximum Gasteiger partial charge on any atom is 0 e. The molecule has 17 valence electrons. The maximum absolute atomic E-state index is 0. The molecule has 0 saturated heterocycles. The summed E-state index contributed by atoms with van der Waals surface area (Å²) in [6.45, 7) is 0. The van der Waals surface area contributed by atoms with Gasteiger partial charge in [0.25, 0.3) is 0 Å². The van der Waals surface area contributed by atoms with Gasteiger partial charge in [0.2, 0.25) is 0 Å². The van der Waals surface area contributed by atoms with Crippen molar-refractivity contribution >= 4 is 25.8 Å². The van der Waals surface area contributed by atoms with Crippen LogP contribution in [0.2, 0.25) is 0 Å². The SMILES string of the molecule is [InH3].[La].[Th].[Zr]. The summed E-state index contributed by atoms with van der Waals surface area (Å²) in [5.74, 6) is 0. The Bertz CT molecular complexity index is 8.00. The van der Waals surface area contributed by atoms with E-state index in [2.05, 4.69) is 0 Å². The van der Waals surface area contributed by atoms with Crippen molar-refractivity contribution in [3.63, 3.8) is 0 Å². The van der Waals surface area contributed by atoms with E-state index < -0.39 is 0 Å². The van der Waals surface area contributed by atoms with Gasteiger partial charge >= 0.3 is 25.8 Å². The van der Waals surface area contributed by atoms with Gasteiger partial charge in [0.15, 0.2) is 0 Å². The van der Waals surface area contributed by atoms with E-state index in [1.165, 1.54) is 0 Å². The van der Waals surface area contributed by atoms with Gasteiger partial charge in [0.1, 0.15) is 0 Å². The van der Waals surface area contributed by atoms with E-state index >= 15 is 0 Å². The monoisotopic (exact) mass is 579 g/mol. The van der Waals surface area contributed by atoms with Gasteiger partial charge in [-0.15, -0.1) is 0 Å². The van der Waals surface area contributed by atoms with Crippen LogP contribution < -0.4 is 0 Å². The molecule has 0 aliphatic rings. The van der Waals surface area contributed by atoms with Crippen LogP contribution in [0.5, 0.6) is 0 Å². The standard InChI is InChI=1S/In.La.Th.Zr.3H. The Kier molecular flexibility index (Phi) is 93.9. The van der Waals surface area contributed by atoms with Crippen LogP contribution in [0.15, 0.2) is 0 Å². The second-order valence-corrected chi connectivity index (χ2v) is 0. The fraction of sp³-hybridized carbons (Fsp3) is 0. The molecule has 0 unspecified atom stereocenters. The molecule has 4 heavy (non-hydrogen) atoms. The van der Waals surface area contributed by atoms with Gasteiger partial charge in [-0.25, -0.2) is 0 Å². The maximum atomic E-state index is 0. The summed E-state index contributed by atoms with van der Waals surface area (Å²) in [5, 5.41) is 0. The Morgan fingerprint density at radius 3 is 1.00 bits per heavy atom. The second kappa shape index (κ2) is 15.7. The molecule has 0 bridgehead atoms. The summed E-state index contributed by atoms with van der Waals surface area (Å²) in [6.07, 6.45) is 0. The first-order valence-corrected chi connectivity index (χ1v) is 0. The third-order valence-electron chi connectivity index (χ3n) is 0. The predicted octanol–water partition coefficient (Wildman–Crippen LogP) is -1.19. The van der Waals surface area contributed by atoms with E-state index in [1.54, 1.807) is 0 Å². The molecule has 0 nitrogen and oxygen atoms in total. The molecule has 0 rings (SSSR count). The average Bonchev–Trinajstić information content (AvgIpc) is 0. The molecule has 0 fully saturated rings. The number of rotatable bonds is 0. The van der Waals surface area contributed by atoms with Crippen molar-refractivity contribution in [2.75, 3.05) is 0 Å². The summed E-state index contributed by atoms with van der Waals surface area (Å²) in [5.41, 5.74) is 0. The molecule has 0 aromatic heterocycles. The Balaban J connectivity index is 0. The molecule has 1 radical (unpaired) electrons. The van der Waals surface area contributed by atoms with Crippen LogP contribution in [-0.4, -0.2) is 25.8 Å². The normalized spacial score (nSPS) is 0. The first-order chi connectivity index (χ1) is 0. The van der Waals surface area contributed by atoms with Gasteiger partial charge in [-0.3, -0.25) is 0 Å². The van der Waals surface area contributed by atoms with E-state index in [4.69, 9.17) is 0 Å². The van der Waals surface area contributed by atoms with Gasteiger partial charge < -0.3 is 0 Å². The zero-order chi connectivity index (χ0) is 0. The fourth-order valence-electron chi connectivity index (χ4n) is 0. The van der Waals surface area contributed by atoms with Crippen molar-refractivity contribution in [3.8, 4) is 0 Å². The van der Waals surface area contributed by atoms with Crippen LogP contribution in [0.3, 0.4) is 0 Å². The van der Waals surface area contributed by atoms with Crippen LogP contribution in [0.25, 0.3) is 0 Å². The van der Waals surface area contributed by atoms with Crippen molar-refractivity contribution in [1.82, 2.24) is 0 Å². The molecule has 0 spiro atoms. The molecule has 0 N–H and O–H groups in total. The largest absolute Gasteiger partial charge is 0 e. The molecule has 0 aliphatic heterocycles. The molecule has 0 aromatic rings. The number of hydrogen-bond acceptors (Lipinski definition) is 0. The third-order valence-corrected chi connectivity index (χ3v) is 0. The molecule has 0 heterocycles. The zero-order valence-corrected chi connectivity index (χ0v) is 11.8. The number of hydrogen-bond donors (Lipinski definition) is 0. The fourth-order valence-corrected chi connectivity index (χ4v) is 0. The van der Waals surface area contributed by atoms with Crippen LogP contribution in [0.1, 0.15) is 0 Å². The van der Waals surface area contributed by atoms with Crippen LogP contribution in [0.4, 0.5) is 0 Å². The summed E-state index contributed by atoms with van der Waals surface area (Å²) < 4.78 is 0. The Hall–Kier alpha value is 4.27. The predicted molar refractivity (Wildman–Crippen MR) is 9.94 cm³/mol. The summed E-state index contributed by atoms with van der Waals surface area (Å²) in [7, 11) is 0. The van der Waals surface area contributed by atoms with E-state index in [0.29, 0.717) is 0 Å². The smallest absolute Gasteiger partial charge is 0 e. The third kappa shape index (κ3) is 9.55. The van der Waals surface area contributed by atoms with Crippen molar-refractivity contribution in [3.05, 3.63) is 0 Å². The quantitative estimate of drug-likeness (QED) is 0.339. The van der Waals surface area contributed by atoms with E-state index in [9.17, 15) is 0 Å².